The Morgan fingerprint density at radius 3 is 2.35 bits per heavy atom. The van der Waals surface area contributed by atoms with E-state index in [4.69, 9.17) is 4.84 Å². The van der Waals surface area contributed by atoms with Crippen LogP contribution in [0.3, 0.4) is 0 Å². The van der Waals surface area contributed by atoms with E-state index >= 15 is 0 Å². The van der Waals surface area contributed by atoms with Crippen molar-refractivity contribution in [3.05, 3.63) is 89.6 Å². The maximum absolute atomic E-state index is 12.4. The average molecular weight is 460 g/mol. The van der Waals surface area contributed by atoms with Gasteiger partial charge in [-0.05, 0) is 36.1 Å². The number of carbonyl (C=O) groups is 1. The molecule has 0 bridgehead atoms. The zero-order valence-corrected chi connectivity index (χ0v) is 19.2. The van der Waals surface area contributed by atoms with E-state index in [0.29, 0.717) is 5.92 Å². The summed E-state index contributed by atoms with van der Waals surface area (Å²) in [6.07, 6.45) is 1.05. The quantitative estimate of drug-likeness (QED) is 0.396. The number of carbonyl (C=O) groups excluding carboxylic acids is 1. The molecule has 2 N–H and O–H groups in total. The van der Waals surface area contributed by atoms with Crippen LogP contribution in [0, 0.1) is 5.92 Å². The summed E-state index contributed by atoms with van der Waals surface area (Å²) in [7, 11) is 1.58. The number of hydrogen-bond acceptors (Lipinski definition) is 7. The molecule has 2 aromatic carbocycles. The maximum Gasteiger partial charge on any atom is 0.271 e. The van der Waals surface area contributed by atoms with Crippen molar-refractivity contribution in [3.63, 3.8) is 0 Å². The van der Waals surface area contributed by atoms with Gasteiger partial charge in [-0.3, -0.25) is 4.79 Å². The second kappa shape index (κ2) is 11.4. The van der Waals surface area contributed by atoms with E-state index in [-0.39, 0.29) is 18.1 Å². The first kappa shape index (κ1) is 23.4. The zero-order chi connectivity index (χ0) is 23.8. The minimum Gasteiger partial charge on any atom is -0.399 e. The summed E-state index contributed by atoms with van der Waals surface area (Å²) in [5.41, 5.74) is 3.02. The fourth-order valence-electron chi connectivity index (χ4n) is 4.14. The van der Waals surface area contributed by atoms with Crippen molar-refractivity contribution in [2.24, 2.45) is 11.1 Å². The highest BCUT2D eigenvalue weighted by atomic mass is 16.6. The molecule has 8 nitrogen and oxygen atoms in total. The van der Waals surface area contributed by atoms with Crippen LogP contribution in [0.2, 0.25) is 0 Å². The fourth-order valence-corrected chi connectivity index (χ4v) is 4.14. The number of amides is 1. The van der Waals surface area contributed by atoms with Crippen molar-refractivity contribution in [2.45, 2.75) is 18.9 Å². The molecular formula is C26H29N5O3. The summed E-state index contributed by atoms with van der Waals surface area (Å²) >= 11 is 0. The first-order valence-electron chi connectivity index (χ1n) is 11.4. The van der Waals surface area contributed by atoms with Gasteiger partial charge in [0.1, 0.15) is 7.11 Å². The Labute approximate surface area is 199 Å². The molecule has 1 fully saturated rings. The largest absolute Gasteiger partial charge is 0.399 e. The number of nitrogens with one attached hydrogen (secondary N) is 1. The second-order valence-electron chi connectivity index (χ2n) is 8.20. The molecule has 4 rings (SSSR count). The van der Waals surface area contributed by atoms with Gasteiger partial charge in [-0.15, -0.1) is 10.2 Å². The molecule has 1 saturated heterocycles. The molecule has 1 unspecified atom stereocenters. The highest BCUT2D eigenvalue weighted by molar-refractivity contribution is 6.02. The third kappa shape index (κ3) is 5.77. The van der Waals surface area contributed by atoms with Crippen LogP contribution < -0.4 is 10.2 Å². The van der Waals surface area contributed by atoms with Gasteiger partial charge in [0, 0.05) is 25.6 Å². The Bertz CT molecular complexity index is 1080. The number of aliphatic hydroxyl groups excluding tert-OH is 1. The van der Waals surface area contributed by atoms with Crippen LogP contribution in [0.4, 0.5) is 5.82 Å². The van der Waals surface area contributed by atoms with Crippen LogP contribution in [0.25, 0.3) is 0 Å². The van der Waals surface area contributed by atoms with Gasteiger partial charge in [-0.1, -0.05) is 65.8 Å². The van der Waals surface area contributed by atoms with Crippen LogP contribution >= 0.6 is 0 Å². The molecule has 1 amide bonds. The Morgan fingerprint density at radius 1 is 1.06 bits per heavy atom. The van der Waals surface area contributed by atoms with E-state index < -0.39 is 6.10 Å². The number of hydrogen-bond donors (Lipinski definition) is 2. The third-order valence-corrected chi connectivity index (χ3v) is 5.99. The van der Waals surface area contributed by atoms with Gasteiger partial charge in [-0.2, -0.15) is 0 Å². The lowest BCUT2D eigenvalue weighted by Crippen LogP contribution is -2.37. The Hall–Kier alpha value is -3.78. The van der Waals surface area contributed by atoms with E-state index in [9.17, 15) is 9.90 Å². The van der Waals surface area contributed by atoms with Crippen molar-refractivity contribution < 1.29 is 14.7 Å². The zero-order valence-electron chi connectivity index (χ0n) is 19.2. The molecule has 3 aromatic rings. The maximum atomic E-state index is 12.4. The lowest BCUT2D eigenvalue weighted by Gasteiger charge is -2.32. The molecule has 0 saturated carbocycles. The monoisotopic (exact) mass is 459 g/mol. The number of aliphatic hydroxyl groups is 1. The first-order chi connectivity index (χ1) is 16.7. The smallest absolute Gasteiger partial charge is 0.271 e. The van der Waals surface area contributed by atoms with Gasteiger partial charge < -0.3 is 20.2 Å². The molecule has 34 heavy (non-hydrogen) atoms. The number of oxime groups is 1. The van der Waals surface area contributed by atoms with Gasteiger partial charge >= 0.3 is 0 Å². The van der Waals surface area contributed by atoms with Crippen LogP contribution in [0.15, 0.2) is 78.0 Å². The Kier molecular flexibility index (Phi) is 7.83. The SMILES string of the molecule is CON=C(c1ccccc1)C1CCN(c2ccc(C(=O)NCC(O)c3ccccc3)nn2)CC1. The standard InChI is InChI=1S/C26H29N5O3/c1-34-30-25(20-10-6-3-7-11-20)21-14-16-31(17-15-21)24-13-12-22(28-29-24)26(33)27-18-23(32)19-8-4-2-5-9-19/h2-13,21,23,32H,14-18H2,1H3,(H,27,33). The molecule has 2 heterocycles. The van der Waals surface area contributed by atoms with Crippen molar-refractivity contribution in [1.82, 2.24) is 15.5 Å². The highest BCUT2D eigenvalue weighted by Gasteiger charge is 2.26. The summed E-state index contributed by atoms with van der Waals surface area (Å²) < 4.78 is 0. The van der Waals surface area contributed by atoms with Crippen molar-refractivity contribution in [2.75, 3.05) is 31.6 Å². The van der Waals surface area contributed by atoms with Crippen LogP contribution in [0.5, 0.6) is 0 Å². The Balaban J connectivity index is 1.31. The molecule has 1 aliphatic heterocycles. The topological polar surface area (TPSA) is 99.9 Å². The minimum absolute atomic E-state index is 0.104. The second-order valence-corrected chi connectivity index (χ2v) is 8.20. The third-order valence-electron chi connectivity index (χ3n) is 5.99. The van der Waals surface area contributed by atoms with Gasteiger partial charge in [0.25, 0.3) is 5.91 Å². The molecule has 1 aromatic heterocycles. The number of nitrogens with zero attached hydrogens (tertiary/aromatic N) is 4. The van der Waals surface area contributed by atoms with E-state index in [2.05, 4.69) is 37.7 Å². The summed E-state index contributed by atoms with van der Waals surface area (Å²) in [6, 6.07) is 22.8. The van der Waals surface area contributed by atoms with E-state index in [1.54, 1.807) is 13.2 Å². The molecule has 0 spiro atoms. The van der Waals surface area contributed by atoms with Gasteiger partial charge in [0.2, 0.25) is 0 Å². The molecule has 176 valence electrons. The molecule has 0 aliphatic carbocycles. The van der Waals surface area contributed by atoms with Crippen molar-refractivity contribution in [3.8, 4) is 0 Å². The number of anilines is 1. The average Bonchev–Trinajstić information content (AvgIpc) is 2.91. The number of benzene rings is 2. The van der Waals surface area contributed by atoms with Crippen LogP contribution in [-0.4, -0.2) is 53.7 Å². The first-order valence-corrected chi connectivity index (χ1v) is 11.4. The molecular weight excluding hydrogens is 430 g/mol. The number of aromatic nitrogens is 2. The normalized spacial score (nSPS) is 15.6. The molecule has 1 aliphatic rings. The van der Waals surface area contributed by atoms with Crippen LogP contribution in [0.1, 0.15) is 40.6 Å². The summed E-state index contributed by atoms with van der Waals surface area (Å²) in [6.45, 7) is 1.72. The van der Waals surface area contributed by atoms with Gasteiger partial charge in [-0.25, -0.2) is 0 Å². The van der Waals surface area contributed by atoms with Gasteiger partial charge in [0.05, 0.1) is 11.8 Å². The van der Waals surface area contributed by atoms with E-state index in [0.717, 1.165) is 48.6 Å². The summed E-state index contributed by atoms with van der Waals surface area (Å²) in [5, 5.41) is 25.6. The van der Waals surface area contributed by atoms with Gasteiger partial charge in [0.15, 0.2) is 11.5 Å². The fraction of sp³-hybridized carbons (Fsp3) is 0.308. The van der Waals surface area contributed by atoms with Crippen LogP contribution in [-0.2, 0) is 4.84 Å². The minimum atomic E-state index is -0.777. The predicted octanol–water partition coefficient (Wildman–Crippen LogP) is 3.21. The molecule has 0 radical (unpaired) electrons. The lowest BCUT2D eigenvalue weighted by atomic mass is 9.88. The number of piperidine rings is 1. The lowest BCUT2D eigenvalue weighted by molar-refractivity contribution is 0.0910. The summed E-state index contributed by atoms with van der Waals surface area (Å²) in [4.78, 5) is 19.7. The predicted molar refractivity (Wildman–Crippen MR) is 131 cm³/mol. The highest BCUT2D eigenvalue weighted by Crippen LogP contribution is 2.25. The summed E-state index contributed by atoms with van der Waals surface area (Å²) in [5.74, 6) is 0.674. The van der Waals surface area contributed by atoms with Crippen molar-refractivity contribution in [1.29, 1.82) is 0 Å². The Morgan fingerprint density at radius 2 is 1.74 bits per heavy atom. The van der Waals surface area contributed by atoms with E-state index in [1.807, 2.05) is 54.6 Å². The molecule has 1 atom stereocenters. The number of rotatable bonds is 8. The van der Waals surface area contributed by atoms with E-state index in [1.165, 1.54) is 0 Å². The molecule has 8 heteroatoms. The van der Waals surface area contributed by atoms with Crippen molar-refractivity contribution >= 4 is 17.4 Å².